The number of hydrogen-bond acceptors (Lipinski definition) is 1. The van der Waals surface area contributed by atoms with E-state index >= 15 is 0 Å². The SMILES string of the molecule is CCN(CC)c1cccc(CCc2ccc(CCc3cccc(C)c3)cc2)c1. The van der Waals surface area contributed by atoms with Gasteiger partial charge in [0.25, 0.3) is 0 Å². The monoisotopic (exact) mass is 371 g/mol. The standard InChI is InChI=1S/C27H33N/c1-4-28(5-2)27-11-7-10-26(21-27)19-17-24-14-12-23(13-15-24)16-18-25-9-6-8-22(3)20-25/h6-15,20-21H,4-5,16-19H2,1-3H3. The first kappa shape index (κ1) is 20.2. The lowest BCUT2D eigenvalue weighted by Crippen LogP contribution is -2.21. The van der Waals surface area contributed by atoms with Gasteiger partial charge in [-0.25, -0.2) is 0 Å². The average Bonchev–Trinajstić information content (AvgIpc) is 2.73. The fourth-order valence-electron chi connectivity index (χ4n) is 3.82. The van der Waals surface area contributed by atoms with Gasteiger partial charge in [0.05, 0.1) is 0 Å². The van der Waals surface area contributed by atoms with Crippen LogP contribution in [0.15, 0.2) is 72.8 Å². The first-order valence-corrected chi connectivity index (χ1v) is 10.6. The molecule has 3 aromatic carbocycles. The molecule has 0 aliphatic carbocycles. The zero-order chi connectivity index (χ0) is 19.8. The summed E-state index contributed by atoms with van der Waals surface area (Å²) < 4.78 is 0. The molecule has 0 heterocycles. The Morgan fingerprint density at radius 3 is 1.61 bits per heavy atom. The third kappa shape index (κ3) is 5.73. The lowest BCUT2D eigenvalue weighted by molar-refractivity contribution is 0.862. The van der Waals surface area contributed by atoms with E-state index in [1.165, 1.54) is 33.5 Å². The van der Waals surface area contributed by atoms with E-state index < -0.39 is 0 Å². The van der Waals surface area contributed by atoms with Gasteiger partial charge in [-0.05, 0) is 80.8 Å². The maximum absolute atomic E-state index is 2.41. The van der Waals surface area contributed by atoms with Crippen molar-refractivity contribution < 1.29 is 0 Å². The fourth-order valence-corrected chi connectivity index (χ4v) is 3.82. The van der Waals surface area contributed by atoms with Crippen LogP contribution in [0.5, 0.6) is 0 Å². The molecule has 0 N–H and O–H groups in total. The van der Waals surface area contributed by atoms with Crippen molar-refractivity contribution in [1.82, 2.24) is 0 Å². The van der Waals surface area contributed by atoms with Gasteiger partial charge < -0.3 is 4.90 Å². The zero-order valence-corrected chi connectivity index (χ0v) is 17.6. The summed E-state index contributed by atoms with van der Waals surface area (Å²) in [7, 11) is 0. The molecule has 28 heavy (non-hydrogen) atoms. The van der Waals surface area contributed by atoms with Crippen molar-refractivity contribution in [3.05, 3.63) is 101 Å². The van der Waals surface area contributed by atoms with Crippen LogP contribution in [0.1, 0.15) is 41.7 Å². The first-order valence-electron chi connectivity index (χ1n) is 10.6. The molecule has 0 atom stereocenters. The molecule has 0 saturated heterocycles. The molecule has 0 aliphatic rings. The molecule has 0 aromatic heterocycles. The van der Waals surface area contributed by atoms with Gasteiger partial charge in [-0.15, -0.1) is 0 Å². The summed E-state index contributed by atoms with van der Waals surface area (Å²) >= 11 is 0. The summed E-state index contributed by atoms with van der Waals surface area (Å²) in [5.41, 5.74) is 8.39. The molecule has 1 nitrogen and oxygen atoms in total. The predicted octanol–water partition coefficient (Wildman–Crippen LogP) is 6.41. The van der Waals surface area contributed by atoms with Crippen LogP contribution in [-0.2, 0) is 25.7 Å². The maximum Gasteiger partial charge on any atom is 0.0368 e. The van der Waals surface area contributed by atoms with Gasteiger partial charge in [-0.2, -0.15) is 0 Å². The largest absolute Gasteiger partial charge is 0.372 e. The van der Waals surface area contributed by atoms with Crippen LogP contribution in [0.4, 0.5) is 5.69 Å². The second-order valence-corrected chi connectivity index (χ2v) is 7.65. The topological polar surface area (TPSA) is 3.24 Å². The Morgan fingerprint density at radius 2 is 1.07 bits per heavy atom. The molecule has 0 aliphatic heterocycles. The lowest BCUT2D eigenvalue weighted by Gasteiger charge is -2.21. The summed E-state index contributed by atoms with van der Waals surface area (Å²) in [6.45, 7) is 8.72. The molecule has 1 heteroatoms. The number of benzene rings is 3. The van der Waals surface area contributed by atoms with E-state index in [-0.39, 0.29) is 0 Å². The lowest BCUT2D eigenvalue weighted by atomic mass is 9.99. The minimum atomic E-state index is 1.06. The highest BCUT2D eigenvalue weighted by Crippen LogP contribution is 2.18. The third-order valence-electron chi connectivity index (χ3n) is 5.55. The fraction of sp³-hybridized carbons (Fsp3) is 0.333. The second kappa shape index (κ2) is 10.1. The summed E-state index contributed by atoms with van der Waals surface area (Å²) in [4.78, 5) is 2.41. The number of nitrogens with zero attached hydrogens (tertiary/aromatic N) is 1. The molecular weight excluding hydrogens is 338 g/mol. The summed E-state index contributed by atoms with van der Waals surface area (Å²) in [6.07, 6.45) is 4.41. The molecule has 3 rings (SSSR count). The van der Waals surface area contributed by atoms with Crippen LogP contribution in [-0.4, -0.2) is 13.1 Å². The number of anilines is 1. The van der Waals surface area contributed by atoms with Crippen LogP contribution in [0.3, 0.4) is 0 Å². The molecule has 0 unspecified atom stereocenters. The van der Waals surface area contributed by atoms with E-state index in [1.807, 2.05) is 0 Å². The normalized spacial score (nSPS) is 10.8. The van der Waals surface area contributed by atoms with Gasteiger partial charge in [-0.3, -0.25) is 0 Å². The number of aryl methyl sites for hydroxylation is 5. The quantitative estimate of drug-likeness (QED) is 0.420. The predicted molar refractivity (Wildman–Crippen MR) is 122 cm³/mol. The Morgan fingerprint density at radius 1 is 0.571 bits per heavy atom. The van der Waals surface area contributed by atoms with Crippen molar-refractivity contribution in [3.63, 3.8) is 0 Å². The van der Waals surface area contributed by atoms with Crippen molar-refractivity contribution >= 4 is 5.69 Å². The summed E-state index contributed by atoms with van der Waals surface area (Å²) in [5.74, 6) is 0. The third-order valence-corrected chi connectivity index (χ3v) is 5.55. The van der Waals surface area contributed by atoms with E-state index in [0.717, 1.165) is 38.8 Å². The van der Waals surface area contributed by atoms with Crippen molar-refractivity contribution in [2.24, 2.45) is 0 Å². The van der Waals surface area contributed by atoms with Crippen LogP contribution >= 0.6 is 0 Å². The van der Waals surface area contributed by atoms with Gasteiger partial charge in [0.2, 0.25) is 0 Å². The molecule has 3 aromatic rings. The molecule has 0 bridgehead atoms. The van der Waals surface area contributed by atoms with Gasteiger partial charge in [0, 0.05) is 18.8 Å². The van der Waals surface area contributed by atoms with E-state index in [1.54, 1.807) is 0 Å². The van der Waals surface area contributed by atoms with E-state index in [4.69, 9.17) is 0 Å². The van der Waals surface area contributed by atoms with E-state index in [0.29, 0.717) is 0 Å². The van der Waals surface area contributed by atoms with Gasteiger partial charge in [0.15, 0.2) is 0 Å². The van der Waals surface area contributed by atoms with Crippen molar-refractivity contribution in [2.75, 3.05) is 18.0 Å². The molecule has 0 fully saturated rings. The molecule has 0 radical (unpaired) electrons. The Hall–Kier alpha value is -2.54. The summed E-state index contributed by atoms with van der Waals surface area (Å²) in [6, 6.07) is 27.1. The first-order chi connectivity index (χ1) is 13.7. The highest BCUT2D eigenvalue weighted by Gasteiger charge is 2.03. The highest BCUT2D eigenvalue weighted by molar-refractivity contribution is 5.48. The Bertz CT molecular complexity index is 859. The van der Waals surface area contributed by atoms with Crippen molar-refractivity contribution in [1.29, 1.82) is 0 Å². The Balaban J connectivity index is 1.54. The van der Waals surface area contributed by atoms with Crippen molar-refractivity contribution in [3.8, 4) is 0 Å². The number of hydrogen-bond donors (Lipinski definition) is 0. The molecule has 146 valence electrons. The minimum absolute atomic E-state index is 1.06. The van der Waals surface area contributed by atoms with Crippen LogP contribution < -0.4 is 4.90 Å². The Labute approximate surface area is 171 Å². The minimum Gasteiger partial charge on any atom is -0.372 e. The maximum atomic E-state index is 2.41. The van der Waals surface area contributed by atoms with Crippen LogP contribution in [0.25, 0.3) is 0 Å². The summed E-state index contributed by atoms with van der Waals surface area (Å²) in [5, 5.41) is 0. The average molecular weight is 372 g/mol. The zero-order valence-electron chi connectivity index (χ0n) is 17.6. The molecule has 0 amide bonds. The second-order valence-electron chi connectivity index (χ2n) is 7.65. The number of rotatable bonds is 9. The van der Waals surface area contributed by atoms with Gasteiger partial charge in [-0.1, -0.05) is 66.2 Å². The molecular formula is C27H33N. The van der Waals surface area contributed by atoms with Gasteiger partial charge >= 0.3 is 0 Å². The van der Waals surface area contributed by atoms with Gasteiger partial charge in [0.1, 0.15) is 0 Å². The molecule has 0 saturated carbocycles. The Kier molecular flexibility index (Phi) is 7.31. The smallest absolute Gasteiger partial charge is 0.0368 e. The van der Waals surface area contributed by atoms with Crippen LogP contribution in [0.2, 0.25) is 0 Å². The molecule has 0 spiro atoms. The highest BCUT2D eigenvalue weighted by atomic mass is 15.1. The van der Waals surface area contributed by atoms with Crippen LogP contribution in [0, 0.1) is 6.92 Å². The van der Waals surface area contributed by atoms with E-state index in [2.05, 4.69) is 98.5 Å². The van der Waals surface area contributed by atoms with Crippen molar-refractivity contribution in [2.45, 2.75) is 46.5 Å². The van der Waals surface area contributed by atoms with E-state index in [9.17, 15) is 0 Å².